The fourth-order valence-corrected chi connectivity index (χ4v) is 2.93. The molecule has 0 fully saturated rings. The monoisotopic (exact) mass is 377 g/mol. The van der Waals surface area contributed by atoms with E-state index in [9.17, 15) is 9.59 Å². The molecule has 3 aromatic carbocycles. The summed E-state index contributed by atoms with van der Waals surface area (Å²) in [6.07, 6.45) is 0.293. The number of carbonyl (C=O) groups excluding carboxylic acids is 2. The van der Waals surface area contributed by atoms with Crippen molar-refractivity contribution in [2.75, 3.05) is 5.32 Å². The van der Waals surface area contributed by atoms with Crippen molar-refractivity contribution in [1.29, 1.82) is 0 Å². The number of halogens is 1. The fourth-order valence-electron chi connectivity index (χ4n) is 2.74. The summed E-state index contributed by atoms with van der Waals surface area (Å²) in [4.78, 5) is 24.4. The summed E-state index contributed by atoms with van der Waals surface area (Å²) in [5.41, 5.74) is 4.36. The molecule has 0 heterocycles. The van der Waals surface area contributed by atoms with Crippen molar-refractivity contribution in [2.45, 2.75) is 19.8 Å². The van der Waals surface area contributed by atoms with E-state index in [0.29, 0.717) is 16.3 Å². The van der Waals surface area contributed by atoms with E-state index >= 15 is 0 Å². The lowest BCUT2D eigenvalue weighted by Crippen LogP contribution is -2.13. The lowest BCUT2D eigenvalue weighted by molar-refractivity contribution is -0.116. The van der Waals surface area contributed by atoms with Gasteiger partial charge >= 0.3 is 0 Å². The first-order chi connectivity index (χ1) is 13.0. The van der Waals surface area contributed by atoms with E-state index in [4.69, 9.17) is 11.6 Å². The molecule has 0 aliphatic carbocycles. The standard InChI is InChI=1S/C23H20ClNO2/c1-16-7-12-20(15-21(16)24)25-23(27)14-13-22(26)19-10-8-18(9-11-19)17-5-3-2-4-6-17/h2-12,15H,13-14H2,1H3,(H,25,27). The van der Waals surface area contributed by atoms with Crippen LogP contribution in [0.25, 0.3) is 11.1 Å². The van der Waals surface area contributed by atoms with Crippen LogP contribution >= 0.6 is 11.6 Å². The van der Waals surface area contributed by atoms with E-state index in [2.05, 4.69) is 5.32 Å². The minimum Gasteiger partial charge on any atom is -0.326 e. The number of hydrogen-bond acceptors (Lipinski definition) is 2. The van der Waals surface area contributed by atoms with Crippen molar-refractivity contribution in [3.63, 3.8) is 0 Å². The second-order valence-corrected chi connectivity index (χ2v) is 6.79. The van der Waals surface area contributed by atoms with Crippen molar-refractivity contribution in [1.82, 2.24) is 0 Å². The molecule has 1 amide bonds. The number of amides is 1. The molecule has 0 unspecified atom stereocenters. The van der Waals surface area contributed by atoms with Crippen LogP contribution in [0.3, 0.4) is 0 Å². The molecule has 0 bridgehead atoms. The third-order valence-electron chi connectivity index (χ3n) is 4.35. The molecule has 0 saturated carbocycles. The van der Waals surface area contributed by atoms with Crippen molar-refractivity contribution in [2.24, 2.45) is 0 Å². The fraction of sp³-hybridized carbons (Fsp3) is 0.130. The van der Waals surface area contributed by atoms with Gasteiger partial charge in [-0.3, -0.25) is 9.59 Å². The van der Waals surface area contributed by atoms with Crippen LogP contribution in [0.4, 0.5) is 5.69 Å². The predicted octanol–water partition coefficient (Wildman–Crippen LogP) is 5.92. The van der Waals surface area contributed by atoms with Gasteiger partial charge in [0, 0.05) is 29.1 Å². The van der Waals surface area contributed by atoms with Gasteiger partial charge in [-0.15, -0.1) is 0 Å². The summed E-state index contributed by atoms with van der Waals surface area (Å²) in [5, 5.41) is 3.37. The Hall–Kier alpha value is -2.91. The molecule has 3 rings (SSSR count). The molecular weight excluding hydrogens is 358 g/mol. The Labute approximate surface area is 164 Å². The van der Waals surface area contributed by atoms with E-state index in [1.807, 2.05) is 67.6 Å². The molecule has 0 saturated heterocycles. The zero-order chi connectivity index (χ0) is 19.2. The minimum absolute atomic E-state index is 0.0494. The van der Waals surface area contributed by atoms with Gasteiger partial charge < -0.3 is 5.32 Å². The first kappa shape index (κ1) is 18.9. The third-order valence-corrected chi connectivity index (χ3v) is 4.76. The van der Waals surface area contributed by atoms with Crippen LogP contribution in [0.2, 0.25) is 5.02 Å². The van der Waals surface area contributed by atoms with Crippen LogP contribution in [-0.2, 0) is 4.79 Å². The Morgan fingerprint density at radius 3 is 2.19 bits per heavy atom. The van der Waals surface area contributed by atoms with Gasteiger partial charge in [-0.2, -0.15) is 0 Å². The summed E-state index contributed by atoms with van der Waals surface area (Å²) >= 11 is 6.06. The molecule has 4 heteroatoms. The Morgan fingerprint density at radius 2 is 1.52 bits per heavy atom. The number of hydrogen-bond donors (Lipinski definition) is 1. The maximum absolute atomic E-state index is 12.3. The number of rotatable bonds is 6. The molecule has 27 heavy (non-hydrogen) atoms. The van der Waals surface area contributed by atoms with Crippen LogP contribution in [0.15, 0.2) is 72.8 Å². The Morgan fingerprint density at radius 1 is 0.852 bits per heavy atom. The topological polar surface area (TPSA) is 46.2 Å². The highest BCUT2D eigenvalue weighted by molar-refractivity contribution is 6.31. The molecule has 3 nitrogen and oxygen atoms in total. The van der Waals surface area contributed by atoms with Crippen LogP contribution in [0, 0.1) is 6.92 Å². The number of aryl methyl sites for hydroxylation is 1. The van der Waals surface area contributed by atoms with Gasteiger partial charge in [0.05, 0.1) is 0 Å². The van der Waals surface area contributed by atoms with E-state index in [0.717, 1.165) is 16.7 Å². The summed E-state index contributed by atoms with van der Waals surface area (Å²) in [7, 11) is 0. The number of ketones is 1. The van der Waals surface area contributed by atoms with E-state index in [-0.39, 0.29) is 24.5 Å². The maximum atomic E-state index is 12.3. The molecule has 0 radical (unpaired) electrons. The van der Waals surface area contributed by atoms with Crippen molar-refractivity contribution >= 4 is 29.0 Å². The largest absolute Gasteiger partial charge is 0.326 e. The first-order valence-corrected chi connectivity index (χ1v) is 9.15. The Kier molecular flexibility index (Phi) is 6.05. The molecule has 0 aliphatic rings. The quantitative estimate of drug-likeness (QED) is 0.542. The first-order valence-electron chi connectivity index (χ1n) is 8.77. The number of benzene rings is 3. The molecule has 136 valence electrons. The van der Waals surface area contributed by atoms with Crippen molar-refractivity contribution < 1.29 is 9.59 Å². The molecule has 0 atom stereocenters. The summed E-state index contributed by atoms with van der Waals surface area (Å²) < 4.78 is 0. The summed E-state index contributed by atoms with van der Waals surface area (Å²) in [6.45, 7) is 1.90. The Balaban J connectivity index is 1.55. The predicted molar refractivity (Wildman–Crippen MR) is 110 cm³/mol. The zero-order valence-electron chi connectivity index (χ0n) is 15.0. The van der Waals surface area contributed by atoms with E-state index in [1.165, 1.54) is 0 Å². The van der Waals surface area contributed by atoms with E-state index < -0.39 is 0 Å². The SMILES string of the molecule is Cc1ccc(NC(=O)CCC(=O)c2ccc(-c3ccccc3)cc2)cc1Cl. The number of nitrogens with one attached hydrogen (secondary N) is 1. The van der Waals surface area contributed by atoms with Crippen molar-refractivity contribution in [3.05, 3.63) is 88.9 Å². The van der Waals surface area contributed by atoms with Crippen LogP contribution in [0.1, 0.15) is 28.8 Å². The number of anilines is 1. The smallest absolute Gasteiger partial charge is 0.224 e. The molecule has 0 aliphatic heterocycles. The van der Waals surface area contributed by atoms with Gasteiger partial charge in [-0.1, -0.05) is 72.3 Å². The second-order valence-electron chi connectivity index (χ2n) is 6.38. The lowest BCUT2D eigenvalue weighted by atomic mass is 10.0. The molecule has 3 aromatic rings. The van der Waals surface area contributed by atoms with E-state index in [1.54, 1.807) is 12.1 Å². The molecule has 1 N–H and O–H groups in total. The molecular formula is C23H20ClNO2. The average Bonchev–Trinajstić information content (AvgIpc) is 2.70. The van der Waals surface area contributed by atoms with Gasteiger partial charge in [-0.25, -0.2) is 0 Å². The number of Topliss-reactive ketones (excluding diaryl/α,β-unsaturated/α-hetero) is 1. The second kappa shape index (κ2) is 8.65. The summed E-state index contributed by atoms with van der Waals surface area (Å²) in [5.74, 6) is -0.254. The van der Waals surface area contributed by atoms with Gasteiger partial charge in [0.2, 0.25) is 5.91 Å². The highest BCUT2D eigenvalue weighted by Gasteiger charge is 2.10. The third kappa shape index (κ3) is 5.05. The van der Waals surface area contributed by atoms with Gasteiger partial charge in [-0.05, 0) is 35.7 Å². The average molecular weight is 378 g/mol. The van der Waals surface area contributed by atoms with Gasteiger partial charge in [0.1, 0.15) is 0 Å². The minimum atomic E-state index is -0.204. The van der Waals surface area contributed by atoms with Gasteiger partial charge in [0.15, 0.2) is 5.78 Å². The zero-order valence-corrected chi connectivity index (χ0v) is 15.8. The molecule has 0 spiro atoms. The highest BCUT2D eigenvalue weighted by atomic mass is 35.5. The highest BCUT2D eigenvalue weighted by Crippen LogP contribution is 2.21. The van der Waals surface area contributed by atoms with Crippen molar-refractivity contribution in [3.8, 4) is 11.1 Å². The molecule has 0 aromatic heterocycles. The normalized spacial score (nSPS) is 10.4. The van der Waals surface area contributed by atoms with Gasteiger partial charge in [0.25, 0.3) is 0 Å². The van der Waals surface area contributed by atoms with Crippen LogP contribution < -0.4 is 5.32 Å². The van der Waals surface area contributed by atoms with Crippen LogP contribution in [0.5, 0.6) is 0 Å². The maximum Gasteiger partial charge on any atom is 0.224 e. The Bertz CT molecular complexity index is 950. The summed E-state index contributed by atoms with van der Waals surface area (Å²) in [6, 6.07) is 22.8. The lowest BCUT2D eigenvalue weighted by Gasteiger charge is -2.07. The van der Waals surface area contributed by atoms with Crippen LogP contribution in [-0.4, -0.2) is 11.7 Å². The number of carbonyl (C=O) groups is 2.